The summed E-state index contributed by atoms with van der Waals surface area (Å²) in [5.41, 5.74) is 5.36. The van der Waals surface area contributed by atoms with E-state index in [4.69, 9.17) is 11.6 Å². The molecule has 0 saturated carbocycles. The highest BCUT2D eigenvalue weighted by Crippen LogP contribution is 2.33. The van der Waals surface area contributed by atoms with Gasteiger partial charge in [0.05, 0.1) is 11.3 Å². The van der Waals surface area contributed by atoms with E-state index in [-0.39, 0.29) is 0 Å². The molecular weight excluding hydrogens is 250 g/mol. The number of carbonyl (C=O) groups excluding carboxylic acids is 2. The first-order chi connectivity index (χ1) is 8.45. The molecule has 0 aliphatic carbocycles. The van der Waals surface area contributed by atoms with Crippen molar-refractivity contribution in [2.45, 2.75) is 20.8 Å². The Morgan fingerprint density at radius 1 is 1.33 bits per heavy atom. The van der Waals surface area contributed by atoms with E-state index in [1.54, 1.807) is 0 Å². The van der Waals surface area contributed by atoms with Crippen molar-refractivity contribution in [2.75, 3.05) is 11.4 Å². The van der Waals surface area contributed by atoms with Gasteiger partial charge in [-0.2, -0.15) is 0 Å². The summed E-state index contributed by atoms with van der Waals surface area (Å²) in [6.07, 6.45) is 0. The summed E-state index contributed by atoms with van der Waals surface area (Å²) >= 11 is 5.62. The monoisotopic (exact) mass is 263 g/mol. The molecule has 1 heterocycles. The molecule has 2 rings (SSSR count). The van der Waals surface area contributed by atoms with Crippen molar-refractivity contribution < 1.29 is 9.59 Å². The molecule has 0 aromatic heterocycles. The Morgan fingerprint density at radius 3 is 2.61 bits per heavy atom. The number of benzene rings is 1. The van der Waals surface area contributed by atoms with Gasteiger partial charge in [-0.15, -0.1) is 0 Å². The Morgan fingerprint density at radius 2 is 2.00 bits per heavy atom. The summed E-state index contributed by atoms with van der Waals surface area (Å²) in [7, 11) is 0. The largest absolute Gasteiger partial charge is 0.301 e. The molecular formula is C14H14ClNO2. The van der Waals surface area contributed by atoms with E-state index >= 15 is 0 Å². The first-order valence-corrected chi connectivity index (χ1v) is 6.12. The van der Waals surface area contributed by atoms with Gasteiger partial charge in [-0.05, 0) is 43.5 Å². The molecule has 0 unspecified atom stereocenters. The van der Waals surface area contributed by atoms with Crippen molar-refractivity contribution in [1.82, 2.24) is 0 Å². The smallest absolute Gasteiger partial charge is 0.299 e. The number of nitrogens with zero attached hydrogens (tertiary/aromatic N) is 1. The van der Waals surface area contributed by atoms with Crippen LogP contribution in [0.1, 0.15) is 28.4 Å². The average molecular weight is 264 g/mol. The summed E-state index contributed by atoms with van der Waals surface area (Å²) in [5, 5.41) is 0. The molecule has 1 aliphatic rings. The standard InChI is InChI=1S/C14H14ClNO2/c1-8-4-10(3)12-11(5-8)16(7-9(2)6-15)14(18)13(12)17/h4-6H,7H2,1-3H3. The Hall–Kier alpha value is -1.61. The van der Waals surface area contributed by atoms with Crippen LogP contribution in [0.5, 0.6) is 0 Å². The van der Waals surface area contributed by atoms with Crippen LogP contribution in [0.25, 0.3) is 0 Å². The van der Waals surface area contributed by atoms with Gasteiger partial charge in [0.25, 0.3) is 11.7 Å². The SMILES string of the molecule is CC(=CCl)CN1C(=O)C(=O)c2c(C)cc(C)cc21. The number of carbonyl (C=O) groups is 2. The van der Waals surface area contributed by atoms with Crippen LogP contribution in [-0.2, 0) is 4.79 Å². The number of halogens is 1. The van der Waals surface area contributed by atoms with Gasteiger partial charge in [0.1, 0.15) is 0 Å². The normalized spacial score (nSPS) is 15.3. The maximum Gasteiger partial charge on any atom is 0.299 e. The highest BCUT2D eigenvalue weighted by atomic mass is 35.5. The number of anilines is 1. The third-order valence-electron chi connectivity index (χ3n) is 3.01. The molecule has 94 valence electrons. The van der Waals surface area contributed by atoms with Crippen molar-refractivity contribution in [3.8, 4) is 0 Å². The number of Topliss-reactive ketones (excluding diaryl/α,β-unsaturated/α-hetero) is 1. The van der Waals surface area contributed by atoms with E-state index in [1.807, 2.05) is 32.9 Å². The molecule has 0 saturated heterocycles. The third kappa shape index (κ3) is 1.95. The number of hydrogen-bond acceptors (Lipinski definition) is 2. The van der Waals surface area contributed by atoms with Crippen LogP contribution < -0.4 is 4.90 Å². The molecule has 1 aromatic carbocycles. The molecule has 3 nitrogen and oxygen atoms in total. The molecule has 0 fully saturated rings. The number of fused-ring (bicyclic) bond motifs is 1. The molecule has 0 spiro atoms. The van der Waals surface area contributed by atoms with Crippen LogP contribution in [0.3, 0.4) is 0 Å². The second-order valence-corrected chi connectivity index (χ2v) is 4.87. The Kier molecular flexibility index (Phi) is 3.26. The van der Waals surface area contributed by atoms with Gasteiger partial charge in [0, 0.05) is 12.1 Å². The Labute approximate surface area is 111 Å². The van der Waals surface area contributed by atoms with Crippen LogP contribution in [-0.4, -0.2) is 18.2 Å². The molecule has 1 amide bonds. The summed E-state index contributed by atoms with van der Waals surface area (Å²) in [4.78, 5) is 25.4. The highest BCUT2D eigenvalue weighted by molar-refractivity contribution is 6.52. The van der Waals surface area contributed by atoms with Crippen LogP contribution in [0.2, 0.25) is 0 Å². The second kappa shape index (κ2) is 4.58. The van der Waals surface area contributed by atoms with Gasteiger partial charge in [-0.25, -0.2) is 0 Å². The number of ketones is 1. The van der Waals surface area contributed by atoms with Gasteiger partial charge < -0.3 is 4.90 Å². The predicted molar refractivity (Wildman–Crippen MR) is 72.2 cm³/mol. The van der Waals surface area contributed by atoms with Gasteiger partial charge in [0.2, 0.25) is 0 Å². The van der Waals surface area contributed by atoms with Gasteiger partial charge in [-0.1, -0.05) is 17.7 Å². The minimum atomic E-state index is -0.475. The van der Waals surface area contributed by atoms with Gasteiger partial charge in [-0.3, -0.25) is 9.59 Å². The first kappa shape index (κ1) is 12.8. The lowest BCUT2D eigenvalue weighted by Crippen LogP contribution is -2.31. The lowest BCUT2D eigenvalue weighted by molar-refractivity contribution is -0.114. The van der Waals surface area contributed by atoms with Crippen LogP contribution in [0.4, 0.5) is 5.69 Å². The molecule has 1 aliphatic heterocycles. The minimum absolute atomic E-state index is 0.351. The number of hydrogen-bond donors (Lipinski definition) is 0. The van der Waals surface area contributed by atoms with Crippen molar-refractivity contribution in [1.29, 1.82) is 0 Å². The zero-order valence-electron chi connectivity index (χ0n) is 10.6. The summed E-state index contributed by atoms with van der Waals surface area (Å²) < 4.78 is 0. The van der Waals surface area contributed by atoms with Crippen LogP contribution in [0, 0.1) is 13.8 Å². The van der Waals surface area contributed by atoms with Crippen LogP contribution in [0.15, 0.2) is 23.2 Å². The van der Waals surface area contributed by atoms with E-state index < -0.39 is 11.7 Å². The molecule has 0 N–H and O–H groups in total. The molecule has 18 heavy (non-hydrogen) atoms. The van der Waals surface area contributed by atoms with E-state index in [2.05, 4.69) is 0 Å². The van der Waals surface area contributed by atoms with E-state index in [0.29, 0.717) is 17.8 Å². The highest BCUT2D eigenvalue weighted by Gasteiger charge is 2.36. The van der Waals surface area contributed by atoms with E-state index in [9.17, 15) is 9.59 Å². The molecule has 0 bridgehead atoms. The lowest BCUT2D eigenvalue weighted by Gasteiger charge is -2.17. The van der Waals surface area contributed by atoms with Crippen molar-refractivity contribution >= 4 is 29.0 Å². The summed E-state index contributed by atoms with van der Waals surface area (Å²) in [6, 6.07) is 3.78. The zero-order chi connectivity index (χ0) is 13.4. The average Bonchev–Trinajstić information content (AvgIpc) is 2.54. The Bertz CT molecular complexity index is 575. The third-order valence-corrected chi connectivity index (χ3v) is 3.38. The zero-order valence-corrected chi connectivity index (χ0v) is 11.3. The first-order valence-electron chi connectivity index (χ1n) is 5.69. The topological polar surface area (TPSA) is 37.4 Å². The van der Waals surface area contributed by atoms with Gasteiger partial charge in [0.15, 0.2) is 0 Å². The lowest BCUT2D eigenvalue weighted by atomic mass is 10.0. The van der Waals surface area contributed by atoms with E-state index in [0.717, 1.165) is 16.7 Å². The molecule has 4 heteroatoms. The van der Waals surface area contributed by atoms with Crippen LogP contribution >= 0.6 is 11.6 Å². The fourth-order valence-corrected chi connectivity index (χ4v) is 2.30. The summed E-state index contributed by atoms with van der Waals surface area (Å²) in [6.45, 7) is 5.98. The number of amides is 1. The molecule has 0 radical (unpaired) electrons. The fraction of sp³-hybridized carbons (Fsp3) is 0.286. The van der Waals surface area contributed by atoms with Crippen molar-refractivity contribution in [2.24, 2.45) is 0 Å². The van der Waals surface area contributed by atoms with Crippen molar-refractivity contribution in [3.05, 3.63) is 39.9 Å². The Balaban J connectivity index is 2.55. The van der Waals surface area contributed by atoms with E-state index in [1.165, 1.54) is 10.4 Å². The number of aryl methyl sites for hydroxylation is 2. The van der Waals surface area contributed by atoms with Gasteiger partial charge >= 0.3 is 0 Å². The predicted octanol–water partition coefficient (Wildman–Crippen LogP) is 2.98. The summed E-state index contributed by atoms with van der Waals surface area (Å²) in [5.74, 6) is -0.901. The molecule has 0 atom stereocenters. The number of rotatable bonds is 2. The second-order valence-electron chi connectivity index (χ2n) is 4.65. The quantitative estimate of drug-likeness (QED) is 0.770. The maximum atomic E-state index is 12.0. The minimum Gasteiger partial charge on any atom is -0.301 e. The fourth-order valence-electron chi connectivity index (χ4n) is 2.23. The maximum absolute atomic E-state index is 12.0. The molecule has 1 aromatic rings. The van der Waals surface area contributed by atoms with Crippen molar-refractivity contribution in [3.63, 3.8) is 0 Å².